The fourth-order valence-corrected chi connectivity index (χ4v) is 3.11. The Labute approximate surface area is 131 Å². The Morgan fingerprint density at radius 2 is 1.86 bits per heavy atom. The lowest BCUT2D eigenvalue weighted by Crippen LogP contribution is -2.49. The van der Waals surface area contributed by atoms with Gasteiger partial charge in [0.2, 0.25) is 15.9 Å². The van der Waals surface area contributed by atoms with Gasteiger partial charge in [0.05, 0.1) is 0 Å². The molecule has 1 fully saturated rings. The third-order valence-corrected chi connectivity index (χ3v) is 4.48. The SMILES string of the molecule is CC(C)C(NS(=O)(=O)C=Cc1ccccc1)C(=O)NC1CC1. The second-order valence-corrected chi connectivity index (χ2v) is 7.48. The summed E-state index contributed by atoms with van der Waals surface area (Å²) in [6, 6.07) is 8.60. The third-order valence-electron chi connectivity index (χ3n) is 3.40. The van der Waals surface area contributed by atoms with Gasteiger partial charge >= 0.3 is 0 Å². The topological polar surface area (TPSA) is 75.3 Å². The Morgan fingerprint density at radius 1 is 1.23 bits per heavy atom. The van der Waals surface area contributed by atoms with E-state index in [2.05, 4.69) is 10.0 Å². The summed E-state index contributed by atoms with van der Waals surface area (Å²) in [5, 5.41) is 3.94. The molecule has 0 radical (unpaired) electrons. The molecule has 1 saturated carbocycles. The van der Waals surface area contributed by atoms with Crippen molar-refractivity contribution in [2.75, 3.05) is 0 Å². The Kier molecular flexibility index (Phi) is 5.37. The van der Waals surface area contributed by atoms with Crippen LogP contribution in [0.4, 0.5) is 0 Å². The molecule has 1 aromatic carbocycles. The van der Waals surface area contributed by atoms with Crippen LogP contribution < -0.4 is 10.0 Å². The van der Waals surface area contributed by atoms with Crippen LogP contribution in [-0.4, -0.2) is 26.4 Å². The molecule has 0 heterocycles. The monoisotopic (exact) mass is 322 g/mol. The summed E-state index contributed by atoms with van der Waals surface area (Å²) in [4.78, 5) is 12.1. The predicted molar refractivity (Wildman–Crippen MR) is 87.3 cm³/mol. The predicted octanol–water partition coefficient (Wildman–Crippen LogP) is 1.88. The highest BCUT2D eigenvalue weighted by Gasteiger charge is 2.31. The van der Waals surface area contributed by atoms with Crippen LogP contribution in [0.2, 0.25) is 0 Å². The molecule has 0 spiro atoms. The molecule has 1 atom stereocenters. The zero-order valence-corrected chi connectivity index (χ0v) is 13.6. The molecule has 1 aliphatic carbocycles. The van der Waals surface area contributed by atoms with E-state index in [4.69, 9.17) is 0 Å². The van der Waals surface area contributed by atoms with Gasteiger partial charge in [0.25, 0.3) is 0 Å². The molecule has 22 heavy (non-hydrogen) atoms. The first-order valence-electron chi connectivity index (χ1n) is 7.43. The molecule has 0 bridgehead atoms. The number of hydrogen-bond acceptors (Lipinski definition) is 3. The van der Waals surface area contributed by atoms with Gasteiger partial charge in [-0.05, 0) is 30.4 Å². The van der Waals surface area contributed by atoms with E-state index in [1.54, 1.807) is 0 Å². The normalized spacial score (nSPS) is 16.9. The Balaban J connectivity index is 2.03. The molecule has 2 N–H and O–H groups in total. The standard InChI is InChI=1S/C16H22N2O3S/c1-12(2)15(16(19)17-14-8-9-14)18-22(20,21)11-10-13-6-4-3-5-7-13/h3-7,10-12,14-15,18H,8-9H2,1-2H3,(H,17,19). The van der Waals surface area contributed by atoms with Gasteiger partial charge in [0, 0.05) is 11.4 Å². The smallest absolute Gasteiger partial charge is 0.238 e. The molecular weight excluding hydrogens is 300 g/mol. The highest BCUT2D eigenvalue weighted by molar-refractivity contribution is 7.92. The molecule has 0 aliphatic heterocycles. The minimum absolute atomic E-state index is 0.126. The minimum Gasteiger partial charge on any atom is -0.352 e. The van der Waals surface area contributed by atoms with Gasteiger partial charge in [-0.1, -0.05) is 44.2 Å². The molecule has 1 aromatic rings. The summed E-state index contributed by atoms with van der Waals surface area (Å²) in [5.41, 5.74) is 0.788. The lowest BCUT2D eigenvalue weighted by Gasteiger charge is -2.20. The van der Waals surface area contributed by atoms with Crippen LogP contribution in [0.5, 0.6) is 0 Å². The highest BCUT2D eigenvalue weighted by Crippen LogP contribution is 2.19. The fraction of sp³-hybridized carbons (Fsp3) is 0.438. The Morgan fingerprint density at radius 3 is 2.41 bits per heavy atom. The summed E-state index contributed by atoms with van der Waals surface area (Å²) in [5.74, 6) is -0.382. The maximum Gasteiger partial charge on any atom is 0.238 e. The summed E-state index contributed by atoms with van der Waals surface area (Å²) in [6.07, 6.45) is 3.45. The van der Waals surface area contributed by atoms with Crippen LogP contribution in [-0.2, 0) is 14.8 Å². The van der Waals surface area contributed by atoms with Crippen molar-refractivity contribution >= 4 is 22.0 Å². The van der Waals surface area contributed by atoms with E-state index < -0.39 is 16.1 Å². The van der Waals surface area contributed by atoms with E-state index in [-0.39, 0.29) is 17.9 Å². The van der Waals surface area contributed by atoms with Crippen molar-refractivity contribution < 1.29 is 13.2 Å². The quantitative estimate of drug-likeness (QED) is 0.805. The number of carbonyl (C=O) groups is 1. The minimum atomic E-state index is -3.68. The van der Waals surface area contributed by atoms with Gasteiger partial charge in [-0.3, -0.25) is 4.79 Å². The van der Waals surface area contributed by atoms with E-state index >= 15 is 0 Å². The molecule has 6 heteroatoms. The van der Waals surface area contributed by atoms with E-state index in [0.717, 1.165) is 23.8 Å². The molecule has 0 aromatic heterocycles. The number of carbonyl (C=O) groups excluding carboxylic acids is 1. The van der Waals surface area contributed by atoms with Crippen LogP contribution in [0.3, 0.4) is 0 Å². The second kappa shape index (κ2) is 7.07. The maximum atomic E-state index is 12.1. The fourth-order valence-electron chi connectivity index (χ4n) is 1.96. The Bertz CT molecular complexity index is 635. The van der Waals surface area contributed by atoms with Crippen molar-refractivity contribution in [2.45, 2.75) is 38.8 Å². The number of rotatable bonds is 7. The lowest BCUT2D eigenvalue weighted by atomic mass is 10.1. The molecule has 120 valence electrons. The van der Waals surface area contributed by atoms with E-state index in [9.17, 15) is 13.2 Å². The van der Waals surface area contributed by atoms with E-state index in [1.165, 1.54) is 6.08 Å². The zero-order valence-electron chi connectivity index (χ0n) is 12.8. The largest absolute Gasteiger partial charge is 0.352 e. The van der Waals surface area contributed by atoms with Crippen LogP contribution in [0.15, 0.2) is 35.7 Å². The van der Waals surface area contributed by atoms with E-state index in [1.807, 2.05) is 44.2 Å². The number of sulfonamides is 1. The average molecular weight is 322 g/mol. The summed E-state index contributed by atoms with van der Waals surface area (Å²) in [6.45, 7) is 3.64. The average Bonchev–Trinajstić information content (AvgIpc) is 3.27. The van der Waals surface area contributed by atoms with Crippen molar-refractivity contribution in [2.24, 2.45) is 5.92 Å². The van der Waals surface area contributed by atoms with Gasteiger partial charge in [-0.15, -0.1) is 0 Å². The summed E-state index contributed by atoms with van der Waals surface area (Å²) < 4.78 is 26.8. The van der Waals surface area contributed by atoms with Crippen molar-refractivity contribution in [1.29, 1.82) is 0 Å². The van der Waals surface area contributed by atoms with Crippen LogP contribution in [0.1, 0.15) is 32.3 Å². The lowest BCUT2D eigenvalue weighted by molar-refractivity contribution is -0.123. The van der Waals surface area contributed by atoms with Gasteiger partial charge in [0.15, 0.2) is 0 Å². The third kappa shape index (κ3) is 5.27. The molecule has 5 nitrogen and oxygen atoms in total. The van der Waals surface area contributed by atoms with Crippen molar-refractivity contribution in [1.82, 2.24) is 10.0 Å². The first kappa shape index (κ1) is 16.7. The summed E-state index contributed by atoms with van der Waals surface area (Å²) >= 11 is 0. The number of benzene rings is 1. The highest BCUT2D eigenvalue weighted by atomic mass is 32.2. The number of hydrogen-bond donors (Lipinski definition) is 2. The first-order valence-corrected chi connectivity index (χ1v) is 8.98. The van der Waals surface area contributed by atoms with Crippen molar-refractivity contribution in [3.63, 3.8) is 0 Å². The van der Waals surface area contributed by atoms with E-state index in [0.29, 0.717) is 0 Å². The van der Waals surface area contributed by atoms with Gasteiger partial charge < -0.3 is 5.32 Å². The zero-order chi connectivity index (χ0) is 16.2. The maximum absolute atomic E-state index is 12.1. The van der Waals surface area contributed by atoms with Crippen LogP contribution in [0.25, 0.3) is 6.08 Å². The van der Waals surface area contributed by atoms with Gasteiger partial charge in [-0.25, -0.2) is 8.42 Å². The number of nitrogens with one attached hydrogen (secondary N) is 2. The molecule has 1 unspecified atom stereocenters. The molecule has 0 saturated heterocycles. The van der Waals surface area contributed by atoms with Gasteiger partial charge in [0.1, 0.15) is 6.04 Å². The molecular formula is C16H22N2O3S. The molecule has 2 rings (SSSR count). The second-order valence-electron chi connectivity index (χ2n) is 5.88. The summed E-state index contributed by atoms with van der Waals surface area (Å²) in [7, 11) is -3.68. The molecule has 1 amide bonds. The first-order chi connectivity index (χ1) is 10.4. The number of amides is 1. The molecule has 1 aliphatic rings. The van der Waals surface area contributed by atoms with Crippen molar-refractivity contribution in [3.8, 4) is 0 Å². The van der Waals surface area contributed by atoms with Gasteiger partial charge in [-0.2, -0.15) is 4.72 Å². The van der Waals surface area contributed by atoms with Crippen LogP contribution in [0, 0.1) is 5.92 Å². The Hall–Kier alpha value is -1.66. The van der Waals surface area contributed by atoms with Crippen molar-refractivity contribution in [3.05, 3.63) is 41.3 Å². The van der Waals surface area contributed by atoms with Crippen LogP contribution >= 0.6 is 0 Å².